The molecule has 1 aliphatic rings. The summed E-state index contributed by atoms with van der Waals surface area (Å²) in [6.07, 6.45) is -0.390. The first-order valence-electron chi connectivity index (χ1n) is 14.8. The number of amides is 2. The third-order valence-electron chi connectivity index (χ3n) is 7.55. The second kappa shape index (κ2) is 16.7. The fraction of sp³-hybridized carbons (Fsp3) is 0.412. The van der Waals surface area contributed by atoms with Crippen LogP contribution in [0.5, 0.6) is 0 Å². The summed E-state index contributed by atoms with van der Waals surface area (Å²) in [5.74, 6) is -1.49. The van der Waals surface area contributed by atoms with Crippen LogP contribution < -0.4 is 5.32 Å². The van der Waals surface area contributed by atoms with Crippen molar-refractivity contribution in [2.45, 2.75) is 58.2 Å². The summed E-state index contributed by atoms with van der Waals surface area (Å²) in [5, 5.41) is 10.2. The van der Waals surface area contributed by atoms with E-state index < -0.39 is 12.1 Å². The van der Waals surface area contributed by atoms with E-state index in [4.69, 9.17) is 9.90 Å². The SMILES string of the molecule is CC(C)c1ccc(NC(=O)N(CCCN2CCC(Cc3ccccc3)CC2)Cc2ccccc2)cc1.O=C(O)C(F)(F)F. The number of likely N-dealkylation sites (tertiary alicyclic amines) is 1. The molecule has 0 aromatic heterocycles. The molecule has 2 amide bonds. The number of halogens is 3. The standard InChI is InChI=1S/C32H41N3O.C2HF3O2/c1-26(2)30-14-16-31(17-15-30)33-32(36)35(25-29-12-7-4-8-13-29)21-9-20-34-22-18-28(19-23-34)24-27-10-5-3-6-11-27;3-2(4,5)1(6)7/h3-8,10-17,26,28H,9,18-25H2,1-2H3,(H,33,36);(H,6,7). The van der Waals surface area contributed by atoms with Crippen molar-refractivity contribution in [3.05, 3.63) is 102 Å². The molecule has 4 rings (SSSR count). The van der Waals surface area contributed by atoms with Crippen molar-refractivity contribution in [3.8, 4) is 0 Å². The molecular weight excluding hydrogens is 555 g/mol. The molecule has 0 spiro atoms. The number of carboxylic acid groups (broad SMARTS) is 1. The van der Waals surface area contributed by atoms with E-state index in [1.165, 1.54) is 30.4 Å². The van der Waals surface area contributed by atoms with E-state index in [1.54, 1.807) is 0 Å². The number of carbonyl (C=O) groups is 2. The van der Waals surface area contributed by atoms with Crippen molar-refractivity contribution < 1.29 is 27.9 Å². The van der Waals surface area contributed by atoms with Crippen LogP contribution in [0.2, 0.25) is 0 Å². The van der Waals surface area contributed by atoms with Crippen molar-refractivity contribution in [2.75, 3.05) is 31.5 Å². The number of carbonyl (C=O) groups excluding carboxylic acids is 1. The highest BCUT2D eigenvalue weighted by atomic mass is 19.4. The fourth-order valence-electron chi connectivity index (χ4n) is 5.06. The predicted octanol–water partition coefficient (Wildman–Crippen LogP) is 7.82. The molecule has 0 radical (unpaired) electrons. The molecule has 9 heteroatoms. The molecule has 1 aliphatic heterocycles. The number of carboxylic acids is 1. The van der Waals surface area contributed by atoms with E-state index in [9.17, 15) is 18.0 Å². The molecule has 43 heavy (non-hydrogen) atoms. The maximum Gasteiger partial charge on any atom is 0.490 e. The zero-order valence-electron chi connectivity index (χ0n) is 24.9. The van der Waals surface area contributed by atoms with Crippen LogP contribution in [0, 0.1) is 5.92 Å². The fourth-order valence-corrected chi connectivity index (χ4v) is 5.06. The number of alkyl halides is 3. The van der Waals surface area contributed by atoms with Crippen LogP contribution in [0.15, 0.2) is 84.9 Å². The predicted molar refractivity (Wildman–Crippen MR) is 164 cm³/mol. The van der Waals surface area contributed by atoms with Crippen LogP contribution in [-0.4, -0.2) is 59.3 Å². The minimum absolute atomic E-state index is 0.0299. The summed E-state index contributed by atoms with van der Waals surface area (Å²) in [6, 6.07) is 29.3. The van der Waals surface area contributed by atoms with E-state index >= 15 is 0 Å². The highest BCUT2D eigenvalue weighted by Crippen LogP contribution is 2.22. The molecule has 3 aromatic carbocycles. The molecule has 0 unspecified atom stereocenters. The Morgan fingerprint density at radius 2 is 1.44 bits per heavy atom. The maximum absolute atomic E-state index is 13.2. The summed E-state index contributed by atoms with van der Waals surface area (Å²) in [5.41, 5.74) is 4.74. The van der Waals surface area contributed by atoms with Gasteiger partial charge in [0, 0.05) is 18.8 Å². The Hall–Kier alpha value is -3.85. The molecule has 1 saturated heterocycles. The monoisotopic (exact) mass is 597 g/mol. The lowest BCUT2D eigenvalue weighted by molar-refractivity contribution is -0.192. The van der Waals surface area contributed by atoms with Gasteiger partial charge in [-0.15, -0.1) is 0 Å². The van der Waals surface area contributed by atoms with Gasteiger partial charge in [-0.25, -0.2) is 9.59 Å². The lowest BCUT2D eigenvalue weighted by atomic mass is 9.90. The summed E-state index contributed by atoms with van der Waals surface area (Å²) in [7, 11) is 0. The van der Waals surface area contributed by atoms with Crippen molar-refractivity contribution in [2.24, 2.45) is 5.92 Å². The molecule has 0 aliphatic carbocycles. The van der Waals surface area contributed by atoms with Crippen LogP contribution in [-0.2, 0) is 17.8 Å². The first-order chi connectivity index (χ1) is 20.5. The molecule has 232 valence electrons. The number of nitrogens with one attached hydrogen (secondary N) is 1. The number of benzene rings is 3. The van der Waals surface area contributed by atoms with Crippen LogP contribution >= 0.6 is 0 Å². The lowest BCUT2D eigenvalue weighted by Gasteiger charge is -2.32. The summed E-state index contributed by atoms with van der Waals surface area (Å²) >= 11 is 0. The van der Waals surface area contributed by atoms with Gasteiger partial charge < -0.3 is 20.2 Å². The molecule has 6 nitrogen and oxygen atoms in total. The van der Waals surface area contributed by atoms with Gasteiger partial charge in [0.25, 0.3) is 0 Å². The van der Waals surface area contributed by atoms with E-state index in [0.29, 0.717) is 12.5 Å². The summed E-state index contributed by atoms with van der Waals surface area (Å²) in [6.45, 7) is 9.08. The van der Waals surface area contributed by atoms with Gasteiger partial charge >= 0.3 is 18.2 Å². The number of aliphatic carboxylic acids is 1. The average Bonchev–Trinajstić information content (AvgIpc) is 2.98. The quantitative estimate of drug-likeness (QED) is 0.250. The van der Waals surface area contributed by atoms with Crippen LogP contribution in [0.4, 0.5) is 23.7 Å². The molecular formula is C34H42F3N3O3. The van der Waals surface area contributed by atoms with Gasteiger partial charge in [-0.05, 0) is 86.0 Å². The minimum atomic E-state index is -5.08. The van der Waals surface area contributed by atoms with E-state index in [0.717, 1.165) is 49.8 Å². The first kappa shape index (κ1) is 33.6. The third kappa shape index (κ3) is 12.1. The molecule has 0 saturated carbocycles. The van der Waals surface area contributed by atoms with E-state index in [-0.39, 0.29) is 6.03 Å². The molecule has 0 bridgehead atoms. The average molecular weight is 598 g/mol. The number of rotatable bonds is 10. The van der Waals surface area contributed by atoms with Gasteiger partial charge in [-0.1, -0.05) is 86.6 Å². The normalized spacial score (nSPS) is 14.1. The Morgan fingerprint density at radius 1 is 0.907 bits per heavy atom. The minimum Gasteiger partial charge on any atom is -0.475 e. The van der Waals surface area contributed by atoms with Crippen LogP contribution in [0.3, 0.4) is 0 Å². The summed E-state index contributed by atoms with van der Waals surface area (Å²) < 4.78 is 31.7. The molecule has 3 aromatic rings. The van der Waals surface area contributed by atoms with Gasteiger partial charge in [-0.3, -0.25) is 0 Å². The van der Waals surface area contributed by atoms with Crippen LogP contribution in [0.1, 0.15) is 55.7 Å². The van der Waals surface area contributed by atoms with E-state index in [2.05, 4.69) is 78.7 Å². The van der Waals surface area contributed by atoms with Crippen molar-refractivity contribution in [3.63, 3.8) is 0 Å². The van der Waals surface area contributed by atoms with E-state index in [1.807, 2.05) is 35.2 Å². The highest BCUT2D eigenvalue weighted by molar-refractivity contribution is 5.89. The van der Waals surface area contributed by atoms with Gasteiger partial charge in [0.05, 0.1) is 0 Å². The molecule has 1 fully saturated rings. The Bertz CT molecular complexity index is 1240. The first-order valence-corrected chi connectivity index (χ1v) is 14.8. The molecule has 0 atom stereocenters. The summed E-state index contributed by atoms with van der Waals surface area (Å²) in [4.78, 5) is 26.7. The van der Waals surface area contributed by atoms with Crippen molar-refractivity contribution in [1.82, 2.24) is 9.80 Å². The van der Waals surface area contributed by atoms with Gasteiger partial charge in [-0.2, -0.15) is 13.2 Å². The maximum atomic E-state index is 13.2. The zero-order valence-corrected chi connectivity index (χ0v) is 24.9. The number of anilines is 1. The number of piperidine rings is 1. The molecule has 1 heterocycles. The topological polar surface area (TPSA) is 72.9 Å². The lowest BCUT2D eigenvalue weighted by Crippen LogP contribution is -2.39. The van der Waals surface area contributed by atoms with Gasteiger partial charge in [0.1, 0.15) is 0 Å². The Labute approximate surface area is 252 Å². The number of nitrogens with zero attached hydrogens (tertiary/aromatic N) is 2. The number of urea groups is 1. The zero-order chi connectivity index (χ0) is 31.2. The van der Waals surface area contributed by atoms with Gasteiger partial charge in [0.2, 0.25) is 0 Å². The largest absolute Gasteiger partial charge is 0.490 e. The van der Waals surface area contributed by atoms with Crippen molar-refractivity contribution >= 4 is 17.7 Å². The van der Waals surface area contributed by atoms with Crippen molar-refractivity contribution in [1.29, 1.82) is 0 Å². The number of hydrogen-bond acceptors (Lipinski definition) is 3. The van der Waals surface area contributed by atoms with Gasteiger partial charge in [0.15, 0.2) is 0 Å². The Kier molecular flexibility index (Phi) is 13.1. The second-order valence-electron chi connectivity index (χ2n) is 11.2. The Morgan fingerprint density at radius 3 is 1.95 bits per heavy atom. The third-order valence-corrected chi connectivity index (χ3v) is 7.55. The smallest absolute Gasteiger partial charge is 0.475 e. The molecule has 2 N–H and O–H groups in total. The second-order valence-corrected chi connectivity index (χ2v) is 11.2. The highest BCUT2D eigenvalue weighted by Gasteiger charge is 2.38. The number of hydrogen-bond donors (Lipinski definition) is 2. The van der Waals surface area contributed by atoms with Crippen LogP contribution in [0.25, 0.3) is 0 Å². The Balaban J connectivity index is 0.000000646.